The van der Waals surface area contributed by atoms with Crippen LogP contribution in [-0.4, -0.2) is 41.3 Å². The van der Waals surface area contributed by atoms with Gasteiger partial charge in [0, 0.05) is 34.1 Å². The second kappa shape index (κ2) is 6.24. The maximum Gasteiger partial charge on any atom is 0.303 e. The molecule has 1 rings (SSSR count). The molecule has 0 bridgehead atoms. The molecule has 0 radical (unpaired) electrons. The van der Waals surface area contributed by atoms with E-state index in [9.17, 15) is 4.79 Å². The van der Waals surface area contributed by atoms with Crippen LogP contribution >= 0.6 is 0 Å². The van der Waals surface area contributed by atoms with Crippen molar-refractivity contribution in [2.24, 2.45) is 7.05 Å². The van der Waals surface area contributed by atoms with E-state index in [0.29, 0.717) is 19.5 Å². The summed E-state index contributed by atoms with van der Waals surface area (Å²) in [6, 6.07) is 0. The molecule has 6 heteroatoms. The molecule has 0 aliphatic rings. The van der Waals surface area contributed by atoms with Crippen LogP contribution < -0.4 is 10.2 Å². The quantitative estimate of drug-likeness (QED) is 0.677. The van der Waals surface area contributed by atoms with Gasteiger partial charge in [0.25, 0.3) is 0 Å². The second-order valence-corrected chi connectivity index (χ2v) is 4.18. The number of hydrogen-bond acceptors (Lipinski definition) is 4. The molecule has 0 amide bonds. The first kappa shape index (κ1) is 13.5. The Kier molecular flexibility index (Phi) is 4.96. The molecule has 2 N–H and O–H groups in total. The van der Waals surface area contributed by atoms with Gasteiger partial charge in [-0.1, -0.05) is 0 Å². The van der Waals surface area contributed by atoms with Crippen LogP contribution in [0.2, 0.25) is 0 Å². The first-order chi connectivity index (χ1) is 8.02. The van der Waals surface area contributed by atoms with Gasteiger partial charge in [0.1, 0.15) is 0 Å². The van der Waals surface area contributed by atoms with Gasteiger partial charge >= 0.3 is 5.97 Å². The predicted octanol–water partition coefficient (Wildman–Crippen LogP) is 0.440. The smallest absolute Gasteiger partial charge is 0.303 e. The zero-order valence-electron chi connectivity index (χ0n) is 10.6. The normalized spacial score (nSPS) is 10.5. The van der Waals surface area contributed by atoms with Crippen LogP contribution in [0.1, 0.15) is 18.5 Å². The number of rotatable bonds is 7. The fraction of sp³-hybridized carbons (Fsp3) is 0.636. The van der Waals surface area contributed by atoms with Crippen LogP contribution in [0.15, 0.2) is 6.20 Å². The second-order valence-electron chi connectivity index (χ2n) is 4.18. The highest BCUT2D eigenvalue weighted by atomic mass is 16.4. The molecule has 96 valence electrons. The number of anilines is 1. The van der Waals surface area contributed by atoms with Crippen LogP contribution in [0.5, 0.6) is 0 Å². The number of imidazole rings is 1. The maximum atomic E-state index is 10.3. The van der Waals surface area contributed by atoms with E-state index in [2.05, 4.69) is 10.3 Å². The third kappa shape index (κ3) is 4.07. The van der Waals surface area contributed by atoms with E-state index in [4.69, 9.17) is 5.11 Å². The van der Waals surface area contributed by atoms with E-state index in [1.165, 1.54) is 0 Å². The topological polar surface area (TPSA) is 70.4 Å². The van der Waals surface area contributed by atoms with Gasteiger partial charge in [-0.05, 0) is 13.0 Å². The fourth-order valence-corrected chi connectivity index (χ4v) is 1.59. The molecule has 17 heavy (non-hydrogen) atoms. The molecular weight excluding hydrogens is 220 g/mol. The van der Waals surface area contributed by atoms with Crippen molar-refractivity contribution in [2.75, 3.05) is 25.5 Å². The molecular formula is C11H20N4O2. The molecule has 0 unspecified atom stereocenters. The van der Waals surface area contributed by atoms with Crippen molar-refractivity contribution < 1.29 is 9.90 Å². The van der Waals surface area contributed by atoms with E-state index in [1.54, 1.807) is 0 Å². The number of nitrogens with zero attached hydrogens (tertiary/aromatic N) is 3. The Balaban J connectivity index is 2.34. The Hall–Kier alpha value is -1.56. The Morgan fingerprint density at radius 1 is 1.59 bits per heavy atom. The van der Waals surface area contributed by atoms with Crippen molar-refractivity contribution in [3.8, 4) is 0 Å². The number of carbonyl (C=O) groups is 1. The average molecular weight is 240 g/mol. The first-order valence-corrected chi connectivity index (χ1v) is 5.62. The molecule has 6 nitrogen and oxygen atoms in total. The monoisotopic (exact) mass is 240 g/mol. The minimum absolute atomic E-state index is 0.210. The Labute approximate surface area is 101 Å². The lowest BCUT2D eigenvalue weighted by atomic mass is 10.3. The van der Waals surface area contributed by atoms with E-state index < -0.39 is 5.97 Å². The van der Waals surface area contributed by atoms with Gasteiger partial charge in [-0.15, -0.1) is 0 Å². The van der Waals surface area contributed by atoms with Crippen molar-refractivity contribution in [3.63, 3.8) is 0 Å². The third-order valence-corrected chi connectivity index (χ3v) is 2.51. The molecule has 1 heterocycles. The number of aliphatic carboxylic acids is 1. The van der Waals surface area contributed by atoms with E-state index in [0.717, 1.165) is 11.6 Å². The minimum Gasteiger partial charge on any atom is -0.481 e. The number of hydrogen-bond donors (Lipinski definition) is 2. The van der Waals surface area contributed by atoms with Crippen molar-refractivity contribution in [1.29, 1.82) is 0 Å². The van der Waals surface area contributed by atoms with Crippen LogP contribution in [0.25, 0.3) is 0 Å². The Morgan fingerprint density at radius 2 is 2.29 bits per heavy atom. The highest BCUT2D eigenvalue weighted by molar-refractivity contribution is 5.66. The lowest BCUT2D eigenvalue weighted by Crippen LogP contribution is -2.19. The molecule has 0 spiro atoms. The van der Waals surface area contributed by atoms with E-state index in [-0.39, 0.29) is 6.42 Å². The first-order valence-electron chi connectivity index (χ1n) is 5.62. The Bertz CT molecular complexity index is 374. The summed E-state index contributed by atoms with van der Waals surface area (Å²) in [7, 11) is 5.87. The molecule has 0 atom stereocenters. The summed E-state index contributed by atoms with van der Waals surface area (Å²) in [6.07, 6.45) is 2.69. The van der Waals surface area contributed by atoms with Crippen molar-refractivity contribution in [2.45, 2.75) is 19.4 Å². The summed E-state index contributed by atoms with van der Waals surface area (Å²) in [5, 5.41) is 11.7. The van der Waals surface area contributed by atoms with Crippen LogP contribution in [0.3, 0.4) is 0 Å². The van der Waals surface area contributed by atoms with Gasteiger partial charge in [0.15, 0.2) is 0 Å². The molecule has 1 aromatic heterocycles. The van der Waals surface area contributed by atoms with Gasteiger partial charge < -0.3 is 19.9 Å². The summed E-state index contributed by atoms with van der Waals surface area (Å²) < 4.78 is 2.02. The number of aromatic nitrogens is 2. The number of nitrogens with one attached hydrogen (secondary N) is 1. The standard InChI is InChI=1S/C11H20N4O2/c1-14(2)11-13-8-9(15(11)3)7-12-6-4-5-10(16)17/h8,12H,4-7H2,1-3H3,(H,16,17). The SMILES string of the molecule is CN(C)c1ncc(CNCCCC(=O)O)n1C. The largest absolute Gasteiger partial charge is 0.481 e. The summed E-state index contributed by atoms with van der Waals surface area (Å²) in [5.41, 5.74) is 1.09. The molecule has 0 saturated carbocycles. The van der Waals surface area contributed by atoms with E-state index in [1.807, 2.05) is 36.8 Å². The van der Waals surface area contributed by atoms with E-state index >= 15 is 0 Å². The molecule has 1 aromatic rings. The molecule has 0 aliphatic heterocycles. The van der Waals surface area contributed by atoms with Gasteiger partial charge in [-0.3, -0.25) is 4.79 Å². The minimum atomic E-state index is -0.748. The fourth-order valence-electron chi connectivity index (χ4n) is 1.59. The molecule has 0 saturated heterocycles. The van der Waals surface area contributed by atoms with Gasteiger partial charge in [-0.2, -0.15) is 0 Å². The lowest BCUT2D eigenvalue weighted by molar-refractivity contribution is -0.137. The zero-order chi connectivity index (χ0) is 12.8. The van der Waals surface area contributed by atoms with Gasteiger partial charge in [-0.25, -0.2) is 4.98 Å². The van der Waals surface area contributed by atoms with Gasteiger partial charge in [0.05, 0.1) is 11.9 Å². The van der Waals surface area contributed by atoms with Crippen LogP contribution in [0, 0.1) is 0 Å². The van der Waals surface area contributed by atoms with Crippen LogP contribution in [-0.2, 0) is 18.4 Å². The van der Waals surface area contributed by atoms with Crippen LogP contribution in [0.4, 0.5) is 5.95 Å². The Morgan fingerprint density at radius 3 is 2.82 bits per heavy atom. The highest BCUT2D eigenvalue weighted by Crippen LogP contribution is 2.10. The zero-order valence-corrected chi connectivity index (χ0v) is 10.6. The molecule has 0 fully saturated rings. The highest BCUT2D eigenvalue weighted by Gasteiger charge is 2.07. The third-order valence-electron chi connectivity index (χ3n) is 2.51. The van der Waals surface area contributed by atoms with Crippen molar-refractivity contribution >= 4 is 11.9 Å². The van der Waals surface area contributed by atoms with Crippen molar-refractivity contribution in [1.82, 2.24) is 14.9 Å². The molecule has 0 aliphatic carbocycles. The molecule has 0 aromatic carbocycles. The predicted molar refractivity (Wildman–Crippen MR) is 66.1 cm³/mol. The maximum absolute atomic E-state index is 10.3. The average Bonchev–Trinajstić information content (AvgIpc) is 2.59. The summed E-state index contributed by atoms with van der Waals surface area (Å²) >= 11 is 0. The summed E-state index contributed by atoms with van der Waals surface area (Å²) in [5.74, 6) is 0.162. The van der Waals surface area contributed by atoms with Gasteiger partial charge in [0.2, 0.25) is 5.95 Å². The van der Waals surface area contributed by atoms with Crippen molar-refractivity contribution in [3.05, 3.63) is 11.9 Å². The summed E-state index contributed by atoms with van der Waals surface area (Å²) in [4.78, 5) is 16.6. The summed E-state index contributed by atoms with van der Waals surface area (Å²) in [6.45, 7) is 1.41. The lowest BCUT2D eigenvalue weighted by Gasteiger charge is -2.12. The number of carboxylic acid groups (broad SMARTS) is 1. The number of carboxylic acids is 1.